The molecule has 0 atom stereocenters. The van der Waals surface area contributed by atoms with Crippen molar-refractivity contribution in [2.75, 3.05) is 21.3 Å². The van der Waals surface area contributed by atoms with Gasteiger partial charge in [0.05, 0.1) is 32.3 Å². The number of methoxy groups -OCH3 is 3. The number of benzene rings is 2. The molecule has 2 aromatic carbocycles. The Kier molecular flexibility index (Phi) is 4.14. The smallest absolute Gasteiger partial charge is 0.207 e. The average molecular weight is 344 g/mol. The van der Waals surface area contributed by atoms with Crippen molar-refractivity contribution >= 4 is 11.0 Å². The van der Waals surface area contributed by atoms with E-state index in [1.54, 1.807) is 12.1 Å². The van der Waals surface area contributed by atoms with Gasteiger partial charge in [-0.3, -0.25) is 4.79 Å². The van der Waals surface area contributed by atoms with Crippen molar-refractivity contribution in [2.45, 2.75) is 0 Å². The first-order chi connectivity index (χ1) is 12.0. The Labute approximate surface area is 142 Å². The molecule has 7 heteroatoms. The second-order valence-corrected chi connectivity index (χ2v) is 5.20. The van der Waals surface area contributed by atoms with Crippen molar-refractivity contribution in [3.05, 3.63) is 40.8 Å². The molecule has 0 saturated carbocycles. The molecule has 0 aliphatic heterocycles. The van der Waals surface area contributed by atoms with Gasteiger partial charge in [0.25, 0.3) is 0 Å². The maximum atomic E-state index is 12.8. The molecule has 0 fully saturated rings. The van der Waals surface area contributed by atoms with E-state index >= 15 is 0 Å². The molecule has 130 valence electrons. The Morgan fingerprint density at radius 1 is 0.960 bits per heavy atom. The van der Waals surface area contributed by atoms with Crippen molar-refractivity contribution in [1.82, 2.24) is 0 Å². The van der Waals surface area contributed by atoms with Gasteiger partial charge in [0.2, 0.25) is 16.9 Å². The summed E-state index contributed by atoms with van der Waals surface area (Å²) in [7, 11) is 4.20. The van der Waals surface area contributed by atoms with Crippen molar-refractivity contribution < 1.29 is 28.8 Å². The predicted octanol–water partition coefficient (Wildman–Crippen LogP) is 2.90. The lowest BCUT2D eigenvalue weighted by Crippen LogP contribution is -2.06. The molecule has 0 saturated heterocycles. The summed E-state index contributed by atoms with van der Waals surface area (Å²) in [5.41, 5.74) is 0.270. The van der Waals surface area contributed by atoms with Crippen LogP contribution in [-0.2, 0) is 0 Å². The van der Waals surface area contributed by atoms with E-state index in [1.165, 1.54) is 39.7 Å². The molecule has 2 N–H and O–H groups in total. The van der Waals surface area contributed by atoms with Gasteiger partial charge in [0, 0.05) is 0 Å². The number of rotatable bonds is 4. The van der Waals surface area contributed by atoms with E-state index in [0.717, 1.165) is 0 Å². The molecule has 7 nitrogen and oxygen atoms in total. The number of ether oxygens (including phenoxy) is 3. The van der Waals surface area contributed by atoms with Gasteiger partial charge in [-0.05, 0) is 23.8 Å². The first-order valence-electron chi connectivity index (χ1n) is 7.28. The van der Waals surface area contributed by atoms with Crippen LogP contribution < -0.4 is 19.6 Å². The average Bonchev–Trinajstić information content (AvgIpc) is 2.62. The number of hydrogen-bond donors (Lipinski definition) is 2. The SMILES string of the molecule is COc1ccc(-c2coc3c(O)c(OC)c(OC)cc3c2=O)cc1O. The fourth-order valence-electron chi connectivity index (χ4n) is 2.62. The van der Waals surface area contributed by atoms with Gasteiger partial charge in [-0.25, -0.2) is 0 Å². The van der Waals surface area contributed by atoms with Gasteiger partial charge in [-0.15, -0.1) is 0 Å². The molecule has 0 unspecified atom stereocenters. The fraction of sp³-hybridized carbons (Fsp3) is 0.167. The summed E-state index contributed by atoms with van der Waals surface area (Å²) in [4.78, 5) is 12.8. The highest BCUT2D eigenvalue weighted by molar-refractivity contribution is 5.90. The molecule has 0 bridgehead atoms. The number of hydrogen-bond acceptors (Lipinski definition) is 7. The second-order valence-electron chi connectivity index (χ2n) is 5.20. The van der Waals surface area contributed by atoms with Crippen LogP contribution in [0.5, 0.6) is 28.7 Å². The highest BCUT2D eigenvalue weighted by Gasteiger charge is 2.20. The van der Waals surface area contributed by atoms with E-state index in [0.29, 0.717) is 5.56 Å². The summed E-state index contributed by atoms with van der Waals surface area (Å²) in [6.07, 6.45) is 1.22. The van der Waals surface area contributed by atoms with Crippen LogP contribution in [-0.4, -0.2) is 31.5 Å². The van der Waals surface area contributed by atoms with Crippen LogP contribution >= 0.6 is 0 Å². The summed E-state index contributed by atoms with van der Waals surface area (Å²) in [5.74, 6) is 0.147. The van der Waals surface area contributed by atoms with Crippen molar-refractivity contribution in [3.8, 4) is 39.9 Å². The Balaban J connectivity index is 2.27. The zero-order chi connectivity index (χ0) is 18.1. The molecule has 0 aliphatic carbocycles. The molecule has 1 aromatic heterocycles. The Hall–Kier alpha value is -3.35. The largest absolute Gasteiger partial charge is 0.504 e. The van der Waals surface area contributed by atoms with Crippen LogP contribution in [0.2, 0.25) is 0 Å². The molecule has 0 aliphatic rings. The summed E-state index contributed by atoms with van der Waals surface area (Å²) in [5, 5.41) is 20.3. The highest BCUT2D eigenvalue weighted by atomic mass is 16.5. The summed E-state index contributed by atoms with van der Waals surface area (Å²) in [6.45, 7) is 0. The topological polar surface area (TPSA) is 98.4 Å². The lowest BCUT2D eigenvalue weighted by atomic mass is 10.0. The number of aromatic hydroxyl groups is 2. The third kappa shape index (κ3) is 2.59. The molecule has 3 aromatic rings. The first-order valence-corrected chi connectivity index (χ1v) is 7.28. The molecule has 0 amide bonds. The minimum absolute atomic E-state index is 0.0101. The standard InChI is InChI=1S/C18H16O7/c1-22-13-5-4-9(6-12(13)19)11-8-25-17-10(15(11)20)7-14(23-2)18(24-3)16(17)21/h4-8,19,21H,1-3H3. The Morgan fingerprint density at radius 2 is 1.68 bits per heavy atom. The third-order valence-electron chi connectivity index (χ3n) is 3.87. The monoisotopic (exact) mass is 344 g/mol. The maximum absolute atomic E-state index is 12.8. The molecular weight excluding hydrogens is 328 g/mol. The Bertz CT molecular complexity index is 1000. The van der Waals surface area contributed by atoms with Crippen LogP contribution in [0, 0.1) is 0 Å². The highest BCUT2D eigenvalue weighted by Crippen LogP contribution is 2.42. The predicted molar refractivity (Wildman–Crippen MR) is 90.9 cm³/mol. The molecule has 0 spiro atoms. The van der Waals surface area contributed by atoms with Crippen LogP contribution in [0.15, 0.2) is 39.7 Å². The summed E-state index contributed by atoms with van der Waals surface area (Å²) < 4.78 is 20.7. The normalized spacial score (nSPS) is 10.7. The van der Waals surface area contributed by atoms with E-state index in [-0.39, 0.29) is 50.7 Å². The molecule has 1 heterocycles. The van der Waals surface area contributed by atoms with E-state index in [1.807, 2.05) is 0 Å². The fourth-order valence-corrected chi connectivity index (χ4v) is 2.62. The van der Waals surface area contributed by atoms with Crippen LogP contribution in [0.4, 0.5) is 0 Å². The molecule has 0 radical (unpaired) electrons. The van der Waals surface area contributed by atoms with Crippen molar-refractivity contribution in [1.29, 1.82) is 0 Å². The lowest BCUT2D eigenvalue weighted by molar-refractivity contribution is 0.332. The van der Waals surface area contributed by atoms with E-state index in [4.69, 9.17) is 18.6 Å². The van der Waals surface area contributed by atoms with Gasteiger partial charge in [0.1, 0.15) is 6.26 Å². The van der Waals surface area contributed by atoms with Crippen molar-refractivity contribution in [3.63, 3.8) is 0 Å². The van der Waals surface area contributed by atoms with Crippen LogP contribution in [0.1, 0.15) is 0 Å². The lowest BCUT2D eigenvalue weighted by Gasteiger charge is -2.12. The third-order valence-corrected chi connectivity index (χ3v) is 3.87. The molecule has 25 heavy (non-hydrogen) atoms. The van der Waals surface area contributed by atoms with E-state index < -0.39 is 0 Å². The van der Waals surface area contributed by atoms with Gasteiger partial charge in [0.15, 0.2) is 22.8 Å². The maximum Gasteiger partial charge on any atom is 0.207 e. The van der Waals surface area contributed by atoms with E-state index in [2.05, 4.69) is 0 Å². The molecule has 3 rings (SSSR count). The number of phenols is 2. The van der Waals surface area contributed by atoms with Gasteiger partial charge in [-0.1, -0.05) is 6.07 Å². The molecular formula is C18H16O7. The first kappa shape index (κ1) is 16.5. The second kappa shape index (κ2) is 6.27. The van der Waals surface area contributed by atoms with Gasteiger partial charge in [-0.2, -0.15) is 0 Å². The van der Waals surface area contributed by atoms with E-state index in [9.17, 15) is 15.0 Å². The van der Waals surface area contributed by atoms with Crippen LogP contribution in [0.25, 0.3) is 22.1 Å². The van der Waals surface area contributed by atoms with Crippen molar-refractivity contribution in [2.24, 2.45) is 0 Å². The number of phenolic OH excluding ortho intramolecular Hbond substituents is 2. The number of fused-ring (bicyclic) bond motifs is 1. The zero-order valence-electron chi connectivity index (χ0n) is 13.8. The quantitative estimate of drug-likeness (QED) is 0.751. The van der Waals surface area contributed by atoms with Gasteiger partial charge < -0.3 is 28.8 Å². The van der Waals surface area contributed by atoms with Crippen LogP contribution in [0.3, 0.4) is 0 Å². The minimum Gasteiger partial charge on any atom is -0.504 e. The zero-order valence-corrected chi connectivity index (χ0v) is 13.8. The summed E-state index contributed by atoms with van der Waals surface area (Å²) >= 11 is 0. The van der Waals surface area contributed by atoms with Gasteiger partial charge >= 0.3 is 0 Å². The Morgan fingerprint density at radius 3 is 2.28 bits per heavy atom. The summed E-state index contributed by atoms with van der Waals surface area (Å²) in [6, 6.07) is 6.00. The minimum atomic E-state index is -0.387.